The van der Waals surface area contributed by atoms with Crippen molar-refractivity contribution in [2.24, 2.45) is 7.05 Å². The molecule has 88 valence electrons. The summed E-state index contributed by atoms with van der Waals surface area (Å²) in [5.41, 5.74) is 1.34. The first-order valence-corrected chi connectivity index (χ1v) is 7.44. The molecule has 0 aliphatic carbocycles. The van der Waals surface area contributed by atoms with E-state index in [1.54, 1.807) is 28.3 Å². The molecule has 3 heterocycles. The molecule has 0 spiro atoms. The number of carbonyl (C=O) groups is 1. The van der Waals surface area contributed by atoms with Crippen LogP contribution in [0.1, 0.15) is 25.9 Å². The molecule has 0 fully saturated rings. The SMILES string of the molecule is Cn1ccnc1C(=O)c1cc2c(s1)CCSC2. The van der Waals surface area contributed by atoms with Gasteiger partial charge in [-0.05, 0) is 23.8 Å². The third-order valence-corrected chi connectivity index (χ3v) is 5.12. The molecule has 1 aliphatic rings. The van der Waals surface area contributed by atoms with Crippen molar-refractivity contribution in [1.29, 1.82) is 0 Å². The molecule has 0 amide bonds. The molecule has 5 heteroatoms. The zero-order valence-corrected chi connectivity index (χ0v) is 11.1. The quantitative estimate of drug-likeness (QED) is 0.782. The third-order valence-electron chi connectivity index (χ3n) is 2.88. The molecule has 0 aromatic carbocycles. The Bertz CT molecular complexity index is 547. The van der Waals surface area contributed by atoms with Crippen molar-refractivity contribution >= 4 is 28.9 Å². The van der Waals surface area contributed by atoms with Crippen LogP contribution in [0.4, 0.5) is 0 Å². The van der Waals surface area contributed by atoms with Gasteiger partial charge in [-0.1, -0.05) is 0 Å². The molecule has 2 aromatic heterocycles. The van der Waals surface area contributed by atoms with Crippen molar-refractivity contribution in [3.63, 3.8) is 0 Å². The molecular formula is C12H12N2OS2. The van der Waals surface area contributed by atoms with E-state index < -0.39 is 0 Å². The van der Waals surface area contributed by atoms with Gasteiger partial charge in [0.05, 0.1) is 4.88 Å². The number of aryl methyl sites for hydroxylation is 2. The number of aromatic nitrogens is 2. The fourth-order valence-electron chi connectivity index (χ4n) is 1.95. The van der Waals surface area contributed by atoms with Gasteiger partial charge in [-0.2, -0.15) is 11.8 Å². The number of ketones is 1. The predicted octanol–water partition coefficient (Wildman–Crippen LogP) is 2.50. The topological polar surface area (TPSA) is 34.9 Å². The monoisotopic (exact) mass is 264 g/mol. The summed E-state index contributed by atoms with van der Waals surface area (Å²) < 4.78 is 1.77. The number of thioether (sulfide) groups is 1. The molecular weight excluding hydrogens is 252 g/mol. The van der Waals surface area contributed by atoms with E-state index in [1.807, 2.05) is 24.9 Å². The molecule has 0 atom stereocenters. The number of fused-ring (bicyclic) bond motifs is 1. The summed E-state index contributed by atoms with van der Waals surface area (Å²) in [4.78, 5) is 18.6. The van der Waals surface area contributed by atoms with E-state index in [0.29, 0.717) is 5.82 Å². The summed E-state index contributed by atoms with van der Waals surface area (Å²) >= 11 is 3.57. The van der Waals surface area contributed by atoms with E-state index in [9.17, 15) is 4.79 Å². The smallest absolute Gasteiger partial charge is 0.238 e. The molecule has 0 unspecified atom stereocenters. The predicted molar refractivity (Wildman–Crippen MR) is 70.8 cm³/mol. The molecule has 0 saturated carbocycles. The Morgan fingerprint density at radius 3 is 3.12 bits per heavy atom. The summed E-state index contributed by atoms with van der Waals surface area (Å²) in [5, 5.41) is 0. The first-order chi connectivity index (χ1) is 8.25. The lowest BCUT2D eigenvalue weighted by molar-refractivity contribution is 0.103. The van der Waals surface area contributed by atoms with E-state index in [1.165, 1.54) is 16.2 Å². The Morgan fingerprint density at radius 1 is 1.53 bits per heavy atom. The van der Waals surface area contributed by atoms with Gasteiger partial charge < -0.3 is 4.57 Å². The van der Waals surface area contributed by atoms with Crippen LogP contribution in [0.15, 0.2) is 18.5 Å². The van der Waals surface area contributed by atoms with Gasteiger partial charge in [0, 0.05) is 30.1 Å². The number of carbonyl (C=O) groups excluding carboxylic acids is 1. The maximum atomic E-state index is 12.3. The lowest BCUT2D eigenvalue weighted by atomic mass is 10.2. The third kappa shape index (κ3) is 1.93. The van der Waals surface area contributed by atoms with Crippen molar-refractivity contribution in [2.45, 2.75) is 12.2 Å². The maximum absolute atomic E-state index is 12.3. The zero-order chi connectivity index (χ0) is 11.8. The van der Waals surface area contributed by atoms with E-state index in [4.69, 9.17) is 0 Å². The van der Waals surface area contributed by atoms with Crippen LogP contribution in [0.5, 0.6) is 0 Å². The van der Waals surface area contributed by atoms with Crippen LogP contribution in [0.2, 0.25) is 0 Å². The van der Waals surface area contributed by atoms with Crippen LogP contribution in [0.25, 0.3) is 0 Å². The number of rotatable bonds is 2. The number of hydrogen-bond donors (Lipinski definition) is 0. The molecule has 0 saturated heterocycles. The average Bonchev–Trinajstić information content (AvgIpc) is 2.93. The molecule has 3 rings (SSSR count). The molecule has 3 nitrogen and oxygen atoms in total. The first-order valence-electron chi connectivity index (χ1n) is 5.47. The summed E-state index contributed by atoms with van der Waals surface area (Å²) in [6.07, 6.45) is 4.56. The lowest BCUT2D eigenvalue weighted by Gasteiger charge is -2.08. The van der Waals surface area contributed by atoms with Gasteiger partial charge in [0.25, 0.3) is 0 Å². The summed E-state index contributed by atoms with van der Waals surface area (Å²) in [6.45, 7) is 0. The van der Waals surface area contributed by atoms with E-state index in [-0.39, 0.29) is 5.78 Å². The second-order valence-corrected chi connectivity index (χ2v) is 6.29. The van der Waals surface area contributed by atoms with Crippen molar-refractivity contribution in [2.75, 3.05) is 5.75 Å². The fraction of sp³-hybridized carbons (Fsp3) is 0.333. The highest BCUT2D eigenvalue weighted by Crippen LogP contribution is 2.32. The van der Waals surface area contributed by atoms with Gasteiger partial charge >= 0.3 is 0 Å². The van der Waals surface area contributed by atoms with Crippen LogP contribution >= 0.6 is 23.1 Å². The van der Waals surface area contributed by atoms with Gasteiger partial charge in [0.2, 0.25) is 5.78 Å². The summed E-state index contributed by atoms with van der Waals surface area (Å²) in [7, 11) is 1.85. The Hall–Kier alpha value is -1.07. The van der Waals surface area contributed by atoms with Crippen molar-refractivity contribution in [1.82, 2.24) is 9.55 Å². The second kappa shape index (κ2) is 4.31. The molecule has 0 N–H and O–H groups in total. The zero-order valence-electron chi connectivity index (χ0n) is 9.47. The van der Waals surface area contributed by atoms with Crippen LogP contribution in [0, 0.1) is 0 Å². The minimum absolute atomic E-state index is 0.0434. The van der Waals surface area contributed by atoms with Crippen molar-refractivity contribution < 1.29 is 4.79 Å². The highest BCUT2D eigenvalue weighted by molar-refractivity contribution is 7.98. The van der Waals surface area contributed by atoms with E-state index in [2.05, 4.69) is 4.98 Å². The molecule has 2 aromatic rings. The Kier molecular flexibility index (Phi) is 2.80. The van der Waals surface area contributed by atoms with Crippen LogP contribution < -0.4 is 0 Å². The fourth-order valence-corrected chi connectivity index (χ4v) is 4.26. The number of hydrogen-bond acceptors (Lipinski definition) is 4. The van der Waals surface area contributed by atoms with Crippen LogP contribution in [-0.4, -0.2) is 21.1 Å². The van der Waals surface area contributed by atoms with Gasteiger partial charge in [-0.25, -0.2) is 4.98 Å². The first kappa shape index (κ1) is 11.0. The van der Waals surface area contributed by atoms with Crippen molar-refractivity contribution in [3.05, 3.63) is 39.6 Å². The Morgan fingerprint density at radius 2 is 2.41 bits per heavy atom. The maximum Gasteiger partial charge on any atom is 0.238 e. The Balaban J connectivity index is 1.97. The van der Waals surface area contributed by atoms with E-state index in [0.717, 1.165) is 17.1 Å². The lowest BCUT2D eigenvalue weighted by Crippen LogP contribution is -2.06. The molecule has 1 aliphatic heterocycles. The Labute approximate surface area is 108 Å². The standard InChI is InChI=1S/C12H12N2OS2/c1-14-4-3-13-12(14)11(15)10-6-8-7-16-5-2-9(8)17-10/h3-4,6H,2,5,7H2,1H3. The average molecular weight is 264 g/mol. The molecule has 0 bridgehead atoms. The van der Waals surface area contributed by atoms with Crippen molar-refractivity contribution in [3.8, 4) is 0 Å². The van der Waals surface area contributed by atoms with Gasteiger partial charge in [-0.15, -0.1) is 11.3 Å². The highest BCUT2D eigenvalue weighted by Gasteiger charge is 2.20. The highest BCUT2D eigenvalue weighted by atomic mass is 32.2. The van der Waals surface area contributed by atoms with Gasteiger partial charge in [-0.3, -0.25) is 4.79 Å². The van der Waals surface area contributed by atoms with Gasteiger partial charge in [0.1, 0.15) is 0 Å². The minimum atomic E-state index is 0.0434. The summed E-state index contributed by atoms with van der Waals surface area (Å²) in [6, 6.07) is 2.04. The number of nitrogens with zero attached hydrogens (tertiary/aromatic N) is 2. The van der Waals surface area contributed by atoms with Crippen LogP contribution in [-0.2, 0) is 19.2 Å². The normalized spacial score (nSPS) is 14.6. The van der Waals surface area contributed by atoms with Crippen LogP contribution in [0.3, 0.4) is 0 Å². The number of thiophene rings is 1. The molecule has 0 radical (unpaired) electrons. The van der Waals surface area contributed by atoms with E-state index >= 15 is 0 Å². The molecule has 17 heavy (non-hydrogen) atoms. The summed E-state index contributed by atoms with van der Waals surface area (Å²) in [5.74, 6) is 2.78. The second-order valence-electron chi connectivity index (χ2n) is 4.05. The minimum Gasteiger partial charge on any atom is -0.331 e. The number of imidazole rings is 1. The van der Waals surface area contributed by atoms with Gasteiger partial charge in [0.15, 0.2) is 5.82 Å². The largest absolute Gasteiger partial charge is 0.331 e.